The van der Waals surface area contributed by atoms with Gasteiger partial charge in [-0.2, -0.15) is 0 Å². The molecule has 2 radical (unpaired) electrons. The van der Waals surface area contributed by atoms with Crippen LogP contribution in [0.2, 0.25) is 0 Å². The summed E-state index contributed by atoms with van der Waals surface area (Å²) in [5.41, 5.74) is -1.07. The number of hydrogen-bond donors (Lipinski definition) is 1. The Balaban J connectivity index is 4.58. The van der Waals surface area contributed by atoms with Crippen molar-refractivity contribution in [1.29, 1.82) is 0 Å². The maximum Gasteiger partial charge on any atom is 0.220 e. The van der Waals surface area contributed by atoms with E-state index in [9.17, 15) is 9.59 Å². The topological polar surface area (TPSA) is 55.4 Å². The fourth-order valence-corrected chi connectivity index (χ4v) is 1.80. The highest BCUT2D eigenvalue weighted by molar-refractivity contribution is 6.57. The molecule has 0 rings (SSSR count). The lowest BCUT2D eigenvalue weighted by molar-refractivity contribution is -0.129. The first-order valence-electron chi connectivity index (χ1n) is 6.76. The molecule has 1 atom stereocenters. The van der Waals surface area contributed by atoms with Crippen molar-refractivity contribution in [2.24, 2.45) is 5.41 Å². The average Bonchev–Trinajstić information content (AvgIpc) is 2.25. The van der Waals surface area contributed by atoms with Crippen LogP contribution in [-0.2, 0) is 14.3 Å². The van der Waals surface area contributed by atoms with E-state index >= 15 is 0 Å². The Morgan fingerprint density at radius 2 is 1.74 bits per heavy atom. The molecule has 0 saturated carbocycles. The molecule has 0 aliphatic heterocycles. The van der Waals surface area contributed by atoms with Crippen molar-refractivity contribution in [3.63, 3.8) is 0 Å². The largest absolute Gasteiger partial charge is 0.375 e. The Morgan fingerprint density at radius 1 is 1.21 bits per heavy atom. The van der Waals surface area contributed by atoms with Crippen molar-refractivity contribution >= 4 is 19.4 Å². The summed E-state index contributed by atoms with van der Waals surface area (Å²) in [5.74, 6) is -0.160. The molecule has 1 unspecified atom stereocenters. The molecular weight excluding hydrogens is 241 g/mol. The molecule has 4 nitrogen and oxygen atoms in total. The van der Waals surface area contributed by atoms with Crippen LogP contribution >= 0.6 is 0 Å². The van der Waals surface area contributed by atoms with Crippen LogP contribution in [-0.4, -0.2) is 37.7 Å². The number of hydrogen-bond acceptors (Lipinski definition) is 3. The Hall–Kier alpha value is -0.835. The van der Waals surface area contributed by atoms with Crippen LogP contribution in [0.1, 0.15) is 54.4 Å². The molecule has 0 saturated heterocycles. The van der Waals surface area contributed by atoms with E-state index in [1.165, 1.54) is 0 Å². The molecule has 1 amide bonds. The minimum atomic E-state index is -0.461. The summed E-state index contributed by atoms with van der Waals surface area (Å²) in [6, 6.07) is -0.0746. The molecule has 0 aromatic heterocycles. The second-order valence-corrected chi connectivity index (χ2v) is 5.92. The molecule has 108 valence electrons. The standard InChI is InChI=1S/C14H26BNO3/c1-7-19-14(5,6)13(3,4)10(2)16-12(18)9-8-11(15)17/h10H,7-9H2,1-6H3,(H,16,18). The van der Waals surface area contributed by atoms with Crippen LogP contribution in [0.15, 0.2) is 0 Å². The quantitative estimate of drug-likeness (QED) is 0.682. The number of nitrogens with one attached hydrogen (secondary N) is 1. The summed E-state index contributed by atoms with van der Waals surface area (Å²) in [6.07, 6.45) is 0.207. The Labute approximate surface area is 118 Å². The molecule has 0 spiro atoms. The molecule has 0 aliphatic rings. The van der Waals surface area contributed by atoms with Crippen LogP contribution in [0.4, 0.5) is 0 Å². The SMILES string of the molecule is [B]C(=O)CCC(=O)NC(C)C(C)(C)C(C)(C)OCC. The number of carbonyl (C=O) groups excluding carboxylic acids is 2. The number of rotatable bonds is 8. The van der Waals surface area contributed by atoms with Gasteiger partial charge in [-0.3, -0.25) is 4.79 Å². The summed E-state index contributed by atoms with van der Waals surface area (Å²) < 4.78 is 5.77. The van der Waals surface area contributed by atoms with E-state index in [0.717, 1.165) is 0 Å². The van der Waals surface area contributed by atoms with Gasteiger partial charge in [0, 0.05) is 30.9 Å². The zero-order valence-electron chi connectivity index (χ0n) is 13.0. The van der Waals surface area contributed by atoms with Gasteiger partial charge in [-0.05, 0) is 27.7 Å². The van der Waals surface area contributed by atoms with Gasteiger partial charge in [0.1, 0.15) is 0 Å². The van der Waals surface area contributed by atoms with E-state index in [1.807, 2.05) is 27.7 Å². The highest BCUT2D eigenvalue weighted by Gasteiger charge is 2.42. The van der Waals surface area contributed by atoms with Crippen LogP contribution in [0, 0.1) is 5.41 Å². The molecule has 19 heavy (non-hydrogen) atoms. The summed E-state index contributed by atoms with van der Waals surface area (Å²) >= 11 is 0. The normalized spacial score (nSPS) is 14.0. The van der Waals surface area contributed by atoms with Crippen molar-refractivity contribution in [2.45, 2.75) is 66.0 Å². The zero-order valence-corrected chi connectivity index (χ0v) is 13.0. The van der Waals surface area contributed by atoms with E-state index in [-0.39, 0.29) is 35.8 Å². The first kappa shape index (κ1) is 18.2. The number of ether oxygens (including phenoxy) is 1. The van der Waals surface area contributed by atoms with Crippen molar-refractivity contribution < 1.29 is 14.3 Å². The average molecular weight is 267 g/mol. The van der Waals surface area contributed by atoms with Crippen molar-refractivity contribution in [2.75, 3.05) is 6.61 Å². The van der Waals surface area contributed by atoms with Gasteiger partial charge in [0.05, 0.1) is 11.3 Å². The third-order valence-corrected chi connectivity index (χ3v) is 4.12. The van der Waals surface area contributed by atoms with Gasteiger partial charge in [0.25, 0.3) is 0 Å². The van der Waals surface area contributed by atoms with Crippen molar-refractivity contribution in [1.82, 2.24) is 5.32 Å². The predicted molar refractivity (Wildman–Crippen MR) is 77.1 cm³/mol. The predicted octanol–water partition coefficient (Wildman–Crippen LogP) is 1.81. The maximum absolute atomic E-state index is 11.7. The second kappa shape index (κ2) is 7.08. The minimum Gasteiger partial charge on any atom is -0.375 e. The van der Waals surface area contributed by atoms with Gasteiger partial charge < -0.3 is 14.8 Å². The summed E-state index contributed by atoms with van der Waals surface area (Å²) in [4.78, 5) is 22.4. The number of amides is 1. The van der Waals surface area contributed by atoms with Crippen molar-refractivity contribution in [3.8, 4) is 0 Å². The Bertz CT molecular complexity index is 327. The third kappa shape index (κ3) is 5.35. The molecular formula is C14H26BNO3. The molecule has 5 heteroatoms. The number of carbonyl (C=O) groups is 2. The zero-order chi connectivity index (χ0) is 15.3. The smallest absolute Gasteiger partial charge is 0.220 e. The summed E-state index contributed by atoms with van der Waals surface area (Å²) in [7, 11) is 5.03. The lowest BCUT2D eigenvalue weighted by Crippen LogP contribution is -2.54. The highest BCUT2D eigenvalue weighted by Crippen LogP contribution is 2.36. The van der Waals surface area contributed by atoms with Gasteiger partial charge in [-0.1, -0.05) is 13.8 Å². The molecule has 0 aromatic rings. The van der Waals surface area contributed by atoms with E-state index < -0.39 is 5.68 Å². The fourth-order valence-electron chi connectivity index (χ4n) is 1.80. The van der Waals surface area contributed by atoms with Gasteiger partial charge in [0.2, 0.25) is 5.91 Å². The second-order valence-electron chi connectivity index (χ2n) is 5.92. The molecule has 0 aliphatic carbocycles. The van der Waals surface area contributed by atoms with E-state index in [0.29, 0.717) is 6.61 Å². The van der Waals surface area contributed by atoms with Crippen LogP contribution in [0.25, 0.3) is 0 Å². The maximum atomic E-state index is 11.7. The van der Waals surface area contributed by atoms with E-state index in [2.05, 4.69) is 19.2 Å². The lowest BCUT2D eigenvalue weighted by Gasteiger charge is -2.45. The molecule has 0 heterocycles. The molecule has 1 N–H and O–H groups in total. The molecule has 0 fully saturated rings. The molecule has 0 aromatic carbocycles. The van der Waals surface area contributed by atoms with Gasteiger partial charge in [-0.25, -0.2) is 0 Å². The first-order chi connectivity index (χ1) is 8.54. The third-order valence-electron chi connectivity index (χ3n) is 4.12. The highest BCUT2D eigenvalue weighted by atomic mass is 16.5. The van der Waals surface area contributed by atoms with E-state index in [4.69, 9.17) is 12.6 Å². The Morgan fingerprint density at radius 3 is 2.16 bits per heavy atom. The Kier molecular flexibility index (Phi) is 6.77. The van der Waals surface area contributed by atoms with Gasteiger partial charge >= 0.3 is 0 Å². The first-order valence-corrected chi connectivity index (χ1v) is 6.76. The monoisotopic (exact) mass is 267 g/mol. The summed E-state index contributed by atoms with van der Waals surface area (Å²) in [6.45, 7) is 12.7. The summed E-state index contributed by atoms with van der Waals surface area (Å²) in [5, 5.41) is 2.91. The van der Waals surface area contributed by atoms with Gasteiger partial charge in [0.15, 0.2) is 7.85 Å². The fraction of sp³-hybridized carbons (Fsp3) is 0.857. The van der Waals surface area contributed by atoms with Crippen LogP contribution < -0.4 is 5.32 Å². The molecule has 0 bridgehead atoms. The van der Waals surface area contributed by atoms with Crippen LogP contribution in [0.3, 0.4) is 0 Å². The van der Waals surface area contributed by atoms with Gasteiger partial charge in [-0.15, -0.1) is 0 Å². The lowest BCUT2D eigenvalue weighted by atomic mass is 9.71. The minimum absolute atomic E-state index is 0.0746. The van der Waals surface area contributed by atoms with Crippen molar-refractivity contribution in [3.05, 3.63) is 0 Å². The van der Waals surface area contributed by atoms with E-state index in [1.54, 1.807) is 0 Å². The van der Waals surface area contributed by atoms with Crippen LogP contribution in [0.5, 0.6) is 0 Å².